The summed E-state index contributed by atoms with van der Waals surface area (Å²) in [6, 6.07) is 7.01. The van der Waals surface area contributed by atoms with Crippen LogP contribution >= 0.6 is 0 Å². The third-order valence-electron chi connectivity index (χ3n) is 1.58. The first-order valence-electron chi connectivity index (χ1n) is 3.72. The first-order chi connectivity index (χ1) is 5.72. The van der Waals surface area contributed by atoms with Gasteiger partial charge in [0, 0.05) is 6.42 Å². The predicted octanol–water partition coefficient (Wildman–Crippen LogP) is 3.14. The first-order valence-corrected chi connectivity index (χ1v) is 3.72. The molecule has 0 heterocycles. The van der Waals surface area contributed by atoms with Gasteiger partial charge in [-0.15, -0.1) is 0 Å². The number of hydrogen-bond donors (Lipinski definition) is 0. The Morgan fingerprint density at radius 2 is 2.17 bits per heavy atom. The molecule has 64 valence electrons. The summed E-state index contributed by atoms with van der Waals surface area (Å²) in [5, 5.41) is 0. The average Bonchev–Trinajstić information content (AvgIpc) is 2.03. The molecule has 0 bridgehead atoms. The number of alkyl halides is 2. The Morgan fingerprint density at radius 3 is 2.75 bits per heavy atom. The van der Waals surface area contributed by atoms with Crippen LogP contribution in [0.2, 0.25) is 0 Å². The molecule has 0 saturated carbocycles. The molecule has 0 aliphatic heterocycles. The van der Waals surface area contributed by atoms with Gasteiger partial charge in [-0.3, -0.25) is 0 Å². The normalized spacial score (nSPS) is 10.2. The van der Waals surface area contributed by atoms with Crippen LogP contribution in [0.25, 0.3) is 6.08 Å². The summed E-state index contributed by atoms with van der Waals surface area (Å²) in [5.41, 5.74) is 1.54. The van der Waals surface area contributed by atoms with Gasteiger partial charge in [0.1, 0.15) is 0 Å². The van der Waals surface area contributed by atoms with Gasteiger partial charge < -0.3 is 0 Å². The second kappa shape index (κ2) is 4.00. The van der Waals surface area contributed by atoms with Crippen LogP contribution in [0.3, 0.4) is 0 Å². The molecule has 0 nitrogen and oxygen atoms in total. The molecule has 0 aliphatic rings. The molecule has 0 radical (unpaired) electrons. The highest BCUT2D eigenvalue weighted by Gasteiger charge is 2.03. The van der Waals surface area contributed by atoms with Gasteiger partial charge in [0.05, 0.1) is 0 Å². The van der Waals surface area contributed by atoms with Crippen LogP contribution in [0.15, 0.2) is 30.8 Å². The van der Waals surface area contributed by atoms with E-state index < -0.39 is 6.43 Å². The van der Waals surface area contributed by atoms with Gasteiger partial charge in [0.15, 0.2) is 0 Å². The zero-order chi connectivity index (χ0) is 8.97. The lowest BCUT2D eigenvalue weighted by Gasteiger charge is -2.00. The Balaban J connectivity index is 2.79. The molecule has 0 spiro atoms. The molecule has 0 N–H and O–H groups in total. The van der Waals surface area contributed by atoms with Crippen LogP contribution in [0.1, 0.15) is 11.1 Å². The monoisotopic (exact) mass is 168 g/mol. The minimum atomic E-state index is -2.27. The summed E-state index contributed by atoms with van der Waals surface area (Å²) >= 11 is 0. The largest absolute Gasteiger partial charge is 0.242 e. The van der Waals surface area contributed by atoms with Crippen molar-refractivity contribution in [2.45, 2.75) is 12.8 Å². The van der Waals surface area contributed by atoms with Crippen molar-refractivity contribution in [1.82, 2.24) is 0 Å². The van der Waals surface area contributed by atoms with E-state index in [4.69, 9.17) is 0 Å². The van der Waals surface area contributed by atoms with Gasteiger partial charge in [-0.25, -0.2) is 8.78 Å². The second-order valence-electron chi connectivity index (χ2n) is 2.54. The topological polar surface area (TPSA) is 0 Å². The molecule has 12 heavy (non-hydrogen) atoms. The van der Waals surface area contributed by atoms with Gasteiger partial charge in [0.2, 0.25) is 6.43 Å². The van der Waals surface area contributed by atoms with Crippen molar-refractivity contribution in [3.8, 4) is 0 Å². The average molecular weight is 168 g/mol. The van der Waals surface area contributed by atoms with Crippen LogP contribution in [-0.2, 0) is 6.42 Å². The van der Waals surface area contributed by atoms with Crippen molar-refractivity contribution >= 4 is 6.08 Å². The summed E-state index contributed by atoms with van der Waals surface area (Å²) in [6.45, 7) is 3.56. The third kappa shape index (κ3) is 2.46. The van der Waals surface area contributed by atoms with Gasteiger partial charge in [0.25, 0.3) is 0 Å². The van der Waals surface area contributed by atoms with Gasteiger partial charge >= 0.3 is 0 Å². The standard InChI is InChI=1S/C10H10F2/c1-2-8-4-3-5-9(6-8)7-10(11)12/h2-6,10H,1,7H2. The molecular weight excluding hydrogens is 158 g/mol. The van der Waals surface area contributed by atoms with Crippen LogP contribution in [0.4, 0.5) is 8.78 Å². The lowest BCUT2D eigenvalue weighted by atomic mass is 10.1. The van der Waals surface area contributed by atoms with Crippen molar-refractivity contribution in [2.75, 3.05) is 0 Å². The fraction of sp³-hybridized carbons (Fsp3) is 0.200. The summed E-state index contributed by atoms with van der Waals surface area (Å²) < 4.78 is 23.9. The smallest absolute Gasteiger partial charge is 0.210 e. The fourth-order valence-corrected chi connectivity index (χ4v) is 1.03. The van der Waals surface area contributed by atoms with Gasteiger partial charge in [-0.1, -0.05) is 36.9 Å². The zero-order valence-electron chi connectivity index (χ0n) is 6.63. The van der Waals surface area contributed by atoms with Crippen LogP contribution < -0.4 is 0 Å². The maximum atomic E-state index is 11.9. The molecule has 1 aromatic rings. The molecule has 0 fully saturated rings. The van der Waals surface area contributed by atoms with E-state index in [1.165, 1.54) is 0 Å². The Bertz CT molecular complexity index is 266. The number of halogens is 2. The molecule has 1 aromatic carbocycles. The van der Waals surface area contributed by atoms with Crippen LogP contribution in [-0.4, -0.2) is 6.43 Å². The van der Waals surface area contributed by atoms with Crippen LogP contribution in [0, 0.1) is 0 Å². The van der Waals surface area contributed by atoms with E-state index in [-0.39, 0.29) is 6.42 Å². The Kier molecular flexibility index (Phi) is 2.97. The molecular formula is C10H10F2. The van der Waals surface area contributed by atoms with E-state index in [1.807, 2.05) is 6.07 Å². The number of benzene rings is 1. The molecule has 0 aliphatic carbocycles. The molecule has 1 rings (SSSR count). The number of rotatable bonds is 3. The lowest BCUT2D eigenvalue weighted by molar-refractivity contribution is 0.149. The Hall–Kier alpha value is -1.18. The quantitative estimate of drug-likeness (QED) is 0.650. The van der Waals surface area contributed by atoms with Crippen molar-refractivity contribution in [2.24, 2.45) is 0 Å². The van der Waals surface area contributed by atoms with E-state index in [2.05, 4.69) is 6.58 Å². The molecule has 0 amide bonds. The van der Waals surface area contributed by atoms with Crippen molar-refractivity contribution in [3.63, 3.8) is 0 Å². The minimum Gasteiger partial charge on any atom is -0.210 e. The maximum absolute atomic E-state index is 11.9. The first kappa shape index (κ1) is 8.91. The van der Waals surface area contributed by atoms with Crippen molar-refractivity contribution < 1.29 is 8.78 Å². The third-order valence-corrected chi connectivity index (χ3v) is 1.58. The Morgan fingerprint density at radius 1 is 1.42 bits per heavy atom. The van der Waals surface area contributed by atoms with Gasteiger partial charge in [-0.05, 0) is 11.1 Å². The summed E-state index contributed by atoms with van der Waals surface area (Å²) in [5.74, 6) is 0. The predicted molar refractivity (Wildman–Crippen MR) is 46.2 cm³/mol. The molecule has 0 aromatic heterocycles. The summed E-state index contributed by atoms with van der Waals surface area (Å²) in [4.78, 5) is 0. The SMILES string of the molecule is C=Cc1cccc(CC(F)F)c1. The van der Waals surface area contributed by atoms with Crippen molar-refractivity contribution in [3.05, 3.63) is 42.0 Å². The molecule has 2 heteroatoms. The Labute approximate surface area is 70.5 Å². The van der Waals surface area contributed by atoms with E-state index in [0.717, 1.165) is 5.56 Å². The highest BCUT2D eigenvalue weighted by Crippen LogP contribution is 2.10. The zero-order valence-corrected chi connectivity index (χ0v) is 6.63. The van der Waals surface area contributed by atoms with Crippen LogP contribution in [0.5, 0.6) is 0 Å². The summed E-state index contributed by atoms with van der Waals surface area (Å²) in [7, 11) is 0. The van der Waals surface area contributed by atoms with E-state index in [1.54, 1.807) is 24.3 Å². The molecule has 0 saturated heterocycles. The van der Waals surface area contributed by atoms with E-state index >= 15 is 0 Å². The maximum Gasteiger partial charge on any atom is 0.242 e. The van der Waals surface area contributed by atoms with Crippen molar-refractivity contribution in [1.29, 1.82) is 0 Å². The highest BCUT2D eigenvalue weighted by atomic mass is 19.3. The number of hydrogen-bond acceptors (Lipinski definition) is 0. The summed E-state index contributed by atoms with van der Waals surface area (Å²) in [6.07, 6.45) is -0.804. The molecule has 0 atom stereocenters. The highest BCUT2D eigenvalue weighted by molar-refractivity contribution is 5.47. The van der Waals surface area contributed by atoms with E-state index in [0.29, 0.717) is 5.56 Å². The van der Waals surface area contributed by atoms with E-state index in [9.17, 15) is 8.78 Å². The fourth-order valence-electron chi connectivity index (χ4n) is 1.03. The lowest BCUT2D eigenvalue weighted by Crippen LogP contribution is -1.96. The molecule has 0 unspecified atom stereocenters. The second-order valence-corrected chi connectivity index (χ2v) is 2.54. The van der Waals surface area contributed by atoms with Gasteiger partial charge in [-0.2, -0.15) is 0 Å². The minimum absolute atomic E-state index is 0.179.